The van der Waals surface area contributed by atoms with Gasteiger partial charge >= 0.3 is 0 Å². The van der Waals surface area contributed by atoms with Gasteiger partial charge in [0.2, 0.25) is 0 Å². The zero-order valence-electron chi connectivity index (χ0n) is 11.3. The summed E-state index contributed by atoms with van der Waals surface area (Å²) in [7, 11) is -1.20. The number of carbonyl (C=O) groups excluding carboxylic acids is 1. The molecule has 2 rings (SSSR count). The molecule has 0 bridgehead atoms. The number of rotatable bonds is 5. The van der Waals surface area contributed by atoms with Gasteiger partial charge in [-0.2, -0.15) is 0 Å². The molecule has 1 unspecified atom stereocenters. The summed E-state index contributed by atoms with van der Waals surface area (Å²) in [6.07, 6.45) is 1.50. The van der Waals surface area contributed by atoms with Gasteiger partial charge in [-0.15, -0.1) is 0 Å². The summed E-state index contributed by atoms with van der Waals surface area (Å²) in [6, 6.07) is 12.7. The fourth-order valence-electron chi connectivity index (χ4n) is 2.00. The minimum atomic E-state index is -1.20. The molecule has 5 nitrogen and oxygen atoms in total. The fraction of sp³-hybridized carbons (Fsp3) is 0.133. The summed E-state index contributed by atoms with van der Waals surface area (Å²) >= 11 is 0. The predicted molar refractivity (Wildman–Crippen MR) is 80.7 cm³/mol. The molecule has 2 aromatic carbocycles. The van der Waals surface area contributed by atoms with Crippen molar-refractivity contribution in [1.82, 2.24) is 0 Å². The predicted octanol–water partition coefficient (Wildman–Crippen LogP) is 2.70. The Morgan fingerprint density at radius 3 is 2.43 bits per heavy atom. The smallest absolute Gasteiger partial charge is 0.269 e. The third-order valence-corrected chi connectivity index (χ3v) is 3.66. The van der Waals surface area contributed by atoms with Crippen LogP contribution in [0.5, 0.6) is 0 Å². The van der Waals surface area contributed by atoms with Crippen LogP contribution in [0, 0.1) is 10.1 Å². The molecule has 0 spiro atoms. The Bertz CT molecular complexity index is 713. The van der Waals surface area contributed by atoms with E-state index in [1.807, 2.05) is 0 Å². The standard InChI is InChI=1S/C15H13NO4S/c1-21(20)10-12-9-13(16(18)19)7-8-14(12)15(17)11-5-3-2-4-6-11/h2-9H,10H2,1H3. The average Bonchev–Trinajstić information content (AvgIpc) is 2.46. The molecule has 1 atom stereocenters. The van der Waals surface area contributed by atoms with Gasteiger partial charge in [-0.1, -0.05) is 30.3 Å². The number of nitro groups is 1. The summed E-state index contributed by atoms with van der Waals surface area (Å²) in [4.78, 5) is 22.8. The van der Waals surface area contributed by atoms with E-state index < -0.39 is 15.7 Å². The second-order valence-electron chi connectivity index (χ2n) is 4.51. The van der Waals surface area contributed by atoms with Crippen molar-refractivity contribution < 1.29 is 13.9 Å². The van der Waals surface area contributed by atoms with E-state index >= 15 is 0 Å². The number of non-ortho nitro benzene ring substituents is 1. The molecule has 0 heterocycles. The van der Waals surface area contributed by atoms with Crippen LogP contribution in [0.1, 0.15) is 21.5 Å². The lowest BCUT2D eigenvalue weighted by Gasteiger charge is -2.08. The van der Waals surface area contributed by atoms with Gasteiger partial charge in [-0.25, -0.2) is 0 Å². The van der Waals surface area contributed by atoms with Crippen LogP contribution in [-0.4, -0.2) is 21.2 Å². The van der Waals surface area contributed by atoms with Crippen LogP contribution in [0.2, 0.25) is 0 Å². The summed E-state index contributed by atoms with van der Waals surface area (Å²) in [6.45, 7) is 0. The molecule has 0 aliphatic rings. The van der Waals surface area contributed by atoms with Crippen molar-refractivity contribution in [3.63, 3.8) is 0 Å². The molecule has 0 radical (unpaired) electrons. The van der Waals surface area contributed by atoms with E-state index in [9.17, 15) is 19.1 Å². The molecule has 0 aliphatic heterocycles. The number of nitro benzene ring substituents is 1. The van der Waals surface area contributed by atoms with Crippen LogP contribution < -0.4 is 0 Å². The van der Waals surface area contributed by atoms with Gasteiger partial charge in [0.25, 0.3) is 5.69 Å². The highest BCUT2D eigenvalue weighted by Crippen LogP contribution is 2.22. The third kappa shape index (κ3) is 3.61. The van der Waals surface area contributed by atoms with Gasteiger partial charge in [0, 0.05) is 46.1 Å². The Morgan fingerprint density at radius 2 is 1.86 bits per heavy atom. The second kappa shape index (κ2) is 6.41. The van der Waals surface area contributed by atoms with Crippen molar-refractivity contribution in [2.75, 3.05) is 6.26 Å². The normalized spacial score (nSPS) is 11.9. The zero-order chi connectivity index (χ0) is 15.4. The molecule has 6 heteroatoms. The summed E-state index contributed by atoms with van der Waals surface area (Å²) in [5, 5.41) is 10.8. The van der Waals surface area contributed by atoms with Gasteiger partial charge in [0.15, 0.2) is 5.78 Å². The van der Waals surface area contributed by atoms with Crippen molar-refractivity contribution >= 4 is 22.3 Å². The first-order valence-electron chi connectivity index (χ1n) is 6.16. The van der Waals surface area contributed by atoms with Crippen molar-refractivity contribution in [2.24, 2.45) is 0 Å². The van der Waals surface area contributed by atoms with Crippen molar-refractivity contribution in [3.8, 4) is 0 Å². The Balaban J connectivity index is 2.49. The molecule has 0 saturated heterocycles. The topological polar surface area (TPSA) is 77.3 Å². The number of benzene rings is 2. The molecule has 2 aromatic rings. The Labute approximate surface area is 124 Å². The number of carbonyl (C=O) groups is 1. The van der Waals surface area contributed by atoms with Crippen molar-refractivity contribution in [1.29, 1.82) is 0 Å². The lowest BCUT2D eigenvalue weighted by Crippen LogP contribution is -2.07. The Morgan fingerprint density at radius 1 is 1.19 bits per heavy atom. The van der Waals surface area contributed by atoms with Crippen LogP contribution in [0.3, 0.4) is 0 Å². The van der Waals surface area contributed by atoms with E-state index in [1.165, 1.54) is 24.5 Å². The van der Waals surface area contributed by atoms with E-state index in [-0.39, 0.29) is 17.2 Å². The molecule has 0 N–H and O–H groups in total. The molecule has 0 saturated carbocycles. The van der Waals surface area contributed by atoms with Gasteiger partial charge in [-0.3, -0.25) is 19.1 Å². The van der Waals surface area contributed by atoms with Crippen LogP contribution in [0.4, 0.5) is 5.69 Å². The first-order valence-corrected chi connectivity index (χ1v) is 7.89. The summed E-state index contributed by atoms with van der Waals surface area (Å²) in [5.41, 5.74) is 1.16. The quantitative estimate of drug-likeness (QED) is 0.483. The highest BCUT2D eigenvalue weighted by molar-refractivity contribution is 7.83. The van der Waals surface area contributed by atoms with Crippen LogP contribution in [-0.2, 0) is 16.6 Å². The molecular formula is C15H13NO4S. The first kappa shape index (κ1) is 15.1. The summed E-state index contributed by atoms with van der Waals surface area (Å²) in [5.74, 6) is -0.124. The largest absolute Gasteiger partial charge is 0.289 e. The molecule has 0 amide bonds. The second-order valence-corrected chi connectivity index (χ2v) is 5.95. The van der Waals surface area contributed by atoms with Crippen molar-refractivity contribution in [3.05, 3.63) is 75.3 Å². The van der Waals surface area contributed by atoms with Gasteiger partial charge in [0.1, 0.15) is 0 Å². The van der Waals surface area contributed by atoms with E-state index in [4.69, 9.17) is 0 Å². The highest BCUT2D eigenvalue weighted by atomic mass is 32.2. The number of nitrogens with zero attached hydrogens (tertiary/aromatic N) is 1. The maximum atomic E-state index is 12.5. The number of ketones is 1. The lowest BCUT2D eigenvalue weighted by molar-refractivity contribution is -0.384. The van der Waals surface area contributed by atoms with Crippen LogP contribution in [0.25, 0.3) is 0 Å². The SMILES string of the molecule is CS(=O)Cc1cc([N+](=O)[O-])ccc1C(=O)c1ccccc1. The van der Waals surface area contributed by atoms with E-state index in [2.05, 4.69) is 0 Å². The zero-order valence-corrected chi connectivity index (χ0v) is 12.1. The lowest BCUT2D eigenvalue weighted by atomic mass is 9.98. The van der Waals surface area contributed by atoms with Crippen LogP contribution in [0.15, 0.2) is 48.5 Å². The number of hydrogen-bond donors (Lipinski definition) is 0. The molecular weight excluding hydrogens is 290 g/mol. The minimum Gasteiger partial charge on any atom is -0.289 e. The van der Waals surface area contributed by atoms with Gasteiger partial charge in [0.05, 0.1) is 4.92 Å². The number of hydrogen-bond acceptors (Lipinski definition) is 4. The van der Waals surface area contributed by atoms with Gasteiger partial charge in [-0.05, 0) is 11.6 Å². The molecule has 0 aromatic heterocycles. The van der Waals surface area contributed by atoms with Gasteiger partial charge < -0.3 is 0 Å². The summed E-state index contributed by atoms with van der Waals surface area (Å²) < 4.78 is 11.4. The maximum Gasteiger partial charge on any atom is 0.269 e. The molecule has 108 valence electrons. The van der Waals surface area contributed by atoms with E-state index in [1.54, 1.807) is 30.3 Å². The Kier molecular flexibility index (Phi) is 4.59. The molecule has 0 aliphatic carbocycles. The third-order valence-electron chi connectivity index (χ3n) is 2.94. The van der Waals surface area contributed by atoms with Crippen molar-refractivity contribution in [2.45, 2.75) is 5.75 Å². The average molecular weight is 303 g/mol. The fourth-order valence-corrected chi connectivity index (χ4v) is 2.68. The monoisotopic (exact) mass is 303 g/mol. The first-order chi connectivity index (χ1) is 9.99. The Hall–Kier alpha value is -2.34. The molecule has 0 fully saturated rings. The highest BCUT2D eigenvalue weighted by Gasteiger charge is 2.17. The maximum absolute atomic E-state index is 12.5. The van der Waals surface area contributed by atoms with E-state index in [0.29, 0.717) is 16.7 Å². The minimum absolute atomic E-state index is 0.107. The molecule has 21 heavy (non-hydrogen) atoms. The van der Waals surface area contributed by atoms with Crippen LogP contribution >= 0.6 is 0 Å². The van der Waals surface area contributed by atoms with E-state index in [0.717, 1.165) is 0 Å².